The van der Waals surface area contributed by atoms with Gasteiger partial charge in [0.15, 0.2) is 0 Å². The van der Waals surface area contributed by atoms with E-state index in [9.17, 15) is 18.0 Å². The summed E-state index contributed by atoms with van der Waals surface area (Å²) in [4.78, 5) is 12.3. The Morgan fingerprint density at radius 2 is 1.81 bits per heavy atom. The topological polar surface area (TPSA) is 41.1 Å². The van der Waals surface area contributed by atoms with Gasteiger partial charge in [0.05, 0.1) is 5.56 Å². The van der Waals surface area contributed by atoms with Gasteiger partial charge in [0.1, 0.15) is 0 Å². The van der Waals surface area contributed by atoms with E-state index in [1.807, 2.05) is 6.92 Å². The van der Waals surface area contributed by atoms with Crippen molar-refractivity contribution < 1.29 is 18.0 Å². The van der Waals surface area contributed by atoms with Gasteiger partial charge in [0, 0.05) is 23.8 Å². The molecule has 0 unspecified atom stereocenters. The predicted octanol–water partition coefficient (Wildman–Crippen LogP) is 4.91. The van der Waals surface area contributed by atoms with Crippen LogP contribution in [-0.2, 0) is 12.7 Å². The van der Waals surface area contributed by atoms with Crippen molar-refractivity contribution in [2.75, 3.05) is 5.32 Å². The van der Waals surface area contributed by atoms with Crippen LogP contribution in [-0.4, -0.2) is 11.9 Å². The summed E-state index contributed by atoms with van der Waals surface area (Å²) in [6, 6.07) is 10.9. The molecule has 0 spiro atoms. The first-order valence-electron chi connectivity index (χ1n) is 8.64. The maximum atomic E-state index is 13.2. The van der Waals surface area contributed by atoms with Crippen molar-refractivity contribution in [1.29, 1.82) is 0 Å². The summed E-state index contributed by atoms with van der Waals surface area (Å²) in [5, 5.41) is 5.83. The third-order valence-electron chi connectivity index (χ3n) is 4.59. The van der Waals surface area contributed by atoms with E-state index in [1.165, 1.54) is 0 Å². The van der Waals surface area contributed by atoms with Gasteiger partial charge >= 0.3 is 6.18 Å². The molecule has 1 amide bonds. The Kier molecular flexibility index (Phi) is 5.32. The van der Waals surface area contributed by atoms with Crippen molar-refractivity contribution in [3.05, 3.63) is 64.7 Å². The molecule has 3 nitrogen and oxygen atoms in total. The van der Waals surface area contributed by atoms with Crippen LogP contribution in [0.5, 0.6) is 0 Å². The van der Waals surface area contributed by atoms with E-state index in [-0.39, 0.29) is 5.69 Å². The van der Waals surface area contributed by atoms with E-state index in [0.717, 1.165) is 37.0 Å². The Balaban J connectivity index is 1.79. The van der Waals surface area contributed by atoms with Gasteiger partial charge in [0.25, 0.3) is 5.91 Å². The van der Waals surface area contributed by atoms with Crippen LogP contribution in [0.25, 0.3) is 0 Å². The van der Waals surface area contributed by atoms with Gasteiger partial charge in [-0.25, -0.2) is 0 Å². The number of carbonyl (C=O) groups is 1. The second-order valence-corrected chi connectivity index (χ2v) is 6.75. The van der Waals surface area contributed by atoms with Crippen LogP contribution in [0.1, 0.15) is 46.3 Å². The van der Waals surface area contributed by atoms with Crippen LogP contribution in [0.2, 0.25) is 0 Å². The summed E-state index contributed by atoms with van der Waals surface area (Å²) < 4.78 is 39.6. The summed E-state index contributed by atoms with van der Waals surface area (Å²) >= 11 is 0. The number of rotatable bonds is 5. The molecule has 1 aliphatic rings. The molecule has 1 aliphatic carbocycles. The van der Waals surface area contributed by atoms with Gasteiger partial charge in [-0.15, -0.1) is 0 Å². The maximum Gasteiger partial charge on any atom is 0.416 e. The number of anilines is 1. The summed E-state index contributed by atoms with van der Waals surface area (Å²) in [5.74, 6) is -0.428. The fourth-order valence-electron chi connectivity index (χ4n) is 2.81. The van der Waals surface area contributed by atoms with E-state index in [1.54, 1.807) is 30.3 Å². The molecule has 2 N–H and O–H groups in total. The monoisotopic (exact) mass is 362 g/mol. The van der Waals surface area contributed by atoms with Gasteiger partial charge < -0.3 is 10.6 Å². The molecular formula is C20H21F3N2O. The molecule has 0 radical (unpaired) electrons. The van der Waals surface area contributed by atoms with E-state index in [4.69, 9.17) is 0 Å². The average molecular weight is 362 g/mol. The zero-order chi connectivity index (χ0) is 18.7. The minimum absolute atomic E-state index is 0.149. The fraction of sp³-hybridized carbons (Fsp3) is 0.350. The lowest BCUT2D eigenvalue weighted by Gasteiger charge is -2.26. The first-order chi connectivity index (χ1) is 12.3. The predicted molar refractivity (Wildman–Crippen MR) is 95.1 cm³/mol. The Labute approximate surface area is 150 Å². The maximum absolute atomic E-state index is 13.2. The molecule has 2 aromatic rings. The Hall–Kier alpha value is -2.34. The first-order valence-corrected chi connectivity index (χ1v) is 8.64. The van der Waals surface area contributed by atoms with E-state index >= 15 is 0 Å². The highest BCUT2D eigenvalue weighted by Gasteiger charge is 2.31. The molecule has 138 valence electrons. The fourth-order valence-corrected chi connectivity index (χ4v) is 2.81. The van der Waals surface area contributed by atoms with Crippen molar-refractivity contribution in [2.45, 2.75) is 44.9 Å². The van der Waals surface area contributed by atoms with Crippen LogP contribution in [0.15, 0.2) is 42.5 Å². The van der Waals surface area contributed by atoms with Gasteiger partial charge in [-0.2, -0.15) is 13.2 Å². The van der Waals surface area contributed by atoms with E-state index in [2.05, 4.69) is 10.6 Å². The number of nitrogens with one attached hydrogen (secondary N) is 2. The number of alkyl halides is 3. The Morgan fingerprint density at radius 3 is 2.38 bits per heavy atom. The summed E-state index contributed by atoms with van der Waals surface area (Å²) in [7, 11) is 0. The number of hydrogen-bond donors (Lipinski definition) is 2. The lowest BCUT2D eigenvalue weighted by molar-refractivity contribution is -0.137. The van der Waals surface area contributed by atoms with Gasteiger partial charge in [-0.05, 0) is 55.7 Å². The molecule has 0 saturated heterocycles. The van der Waals surface area contributed by atoms with Crippen molar-refractivity contribution in [3.8, 4) is 0 Å². The largest absolute Gasteiger partial charge is 0.416 e. The lowest BCUT2D eigenvalue weighted by Crippen LogP contribution is -2.34. The van der Waals surface area contributed by atoms with E-state index < -0.39 is 17.6 Å². The number of aryl methyl sites for hydroxylation is 1. The first kappa shape index (κ1) is 18.5. The number of hydrogen-bond acceptors (Lipinski definition) is 2. The van der Waals surface area contributed by atoms with Crippen LogP contribution in [0, 0.1) is 6.92 Å². The number of amides is 1. The normalized spacial score (nSPS) is 14.8. The summed E-state index contributed by atoms with van der Waals surface area (Å²) in [5.41, 5.74) is 1.30. The highest BCUT2D eigenvalue weighted by atomic mass is 19.4. The second kappa shape index (κ2) is 7.50. The molecule has 26 heavy (non-hydrogen) atoms. The Bertz CT molecular complexity index is 781. The minimum Gasteiger partial charge on any atom is -0.322 e. The highest BCUT2D eigenvalue weighted by molar-refractivity contribution is 6.04. The molecular weight excluding hydrogens is 341 g/mol. The van der Waals surface area contributed by atoms with Gasteiger partial charge in [-0.3, -0.25) is 4.79 Å². The minimum atomic E-state index is -4.46. The second-order valence-electron chi connectivity index (χ2n) is 6.75. The quantitative estimate of drug-likeness (QED) is 0.794. The molecule has 0 aromatic heterocycles. The van der Waals surface area contributed by atoms with Gasteiger partial charge in [-0.1, -0.05) is 24.1 Å². The number of benzene rings is 2. The molecule has 1 fully saturated rings. The van der Waals surface area contributed by atoms with Crippen molar-refractivity contribution >= 4 is 11.6 Å². The number of halogens is 3. The van der Waals surface area contributed by atoms with Crippen molar-refractivity contribution in [2.24, 2.45) is 0 Å². The number of carbonyl (C=O) groups excluding carboxylic acids is 1. The summed E-state index contributed by atoms with van der Waals surface area (Å²) in [6.07, 6.45) is -1.21. The molecule has 0 aliphatic heterocycles. The van der Waals surface area contributed by atoms with Crippen molar-refractivity contribution in [3.63, 3.8) is 0 Å². The molecule has 3 rings (SSSR count). The standard InChI is InChI=1S/C20H21F3N2O/c1-13-5-7-15(8-6-13)19(26)25-18-10-14(12-24-17-3-2-4-17)9-16(11-18)20(21,22)23/h5-11,17,24H,2-4,12H2,1H3,(H,25,26). The van der Waals surface area contributed by atoms with Crippen LogP contribution in [0.4, 0.5) is 18.9 Å². The zero-order valence-corrected chi connectivity index (χ0v) is 14.5. The highest BCUT2D eigenvalue weighted by Crippen LogP contribution is 2.32. The molecule has 1 saturated carbocycles. The van der Waals surface area contributed by atoms with Gasteiger partial charge in [0.2, 0.25) is 0 Å². The molecule has 0 atom stereocenters. The summed E-state index contributed by atoms with van der Waals surface area (Å²) in [6.45, 7) is 2.25. The third kappa shape index (κ3) is 4.64. The van der Waals surface area contributed by atoms with Crippen LogP contribution < -0.4 is 10.6 Å². The smallest absolute Gasteiger partial charge is 0.322 e. The lowest BCUT2D eigenvalue weighted by atomic mass is 9.93. The van der Waals surface area contributed by atoms with E-state index in [0.29, 0.717) is 23.7 Å². The van der Waals surface area contributed by atoms with Crippen LogP contribution in [0.3, 0.4) is 0 Å². The SMILES string of the molecule is Cc1ccc(C(=O)Nc2cc(CNC3CCC3)cc(C(F)(F)F)c2)cc1. The molecule has 2 aromatic carbocycles. The molecule has 0 bridgehead atoms. The average Bonchev–Trinajstić information content (AvgIpc) is 2.53. The molecule has 6 heteroatoms. The third-order valence-corrected chi connectivity index (χ3v) is 4.59. The van der Waals surface area contributed by atoms with Crippen LogP contribution >= 0.6 is 0 Å². The zero-order valence-electron chi connectivity index (χ0n) is 14.5. The molecule has 0 heterocycles. The van der Waals surface area contributed by atoms with Crippen molar-refractivity contribution in [1.82, 2.24) is 5.32 Å². The Morgan fingerprint density at radius 1 is 1.12 bits per heavy atom.